The van der Waals surface area contributed by atoms with Crippen molar-refractivity contribution in [2.24, 2.45) is 0 Å². The van der Waals surface area contributed by atoms with Gasteiger partial charge in [0.25, 0.3) is 0 Å². The molecule has 0 aliphatic carbocycles. The number of rotatable bonds is 4. The van der Waals surface area contributed by atoms with Crippen molar-refractivity contribution >= 4 is 11.9 Å². The highest BCUT2D eigenvalue weighted by Crippen LogP contribution is 2.01. The molecule has 0 atom stereocenters. The zero-order valence-corrected chi connectivity index (χ0v) is 8.77. The van der Waals surface area contributed by atoms with E-state index in [1.165, 1.54) is 6.54 Å². The molecule has 1 heterocycles. The second-order valence-corrected chi connectivity index (χ2v) is 3.98. The lowest BCUT2D eigenvalue weighted by Crippen LogP contribution is -2.39. The van der Waals surface area contributed by atoms with E-state index in [9.17, 15) is 0 Å². The molecule has 4 heteroatoms. The molecule has 0 amide bonds. The minimum atomic E-state index is 0.906. The van der Waals surface area contributed by atoms with E-state index in [0.29, 0.717) is 0 Å². The van der Waals surface area contributed by atoms with E-state index >= 15 is 0 Å². The lowest BCUT2D eigenvalue weighted by molar-refractivity contribution is 0.0370. The molecule has 1 saturated heterocycles. The summed E-state index contributed by atoms with van der Waals surface area (Å²) in [6, 6.07) is 0. The summed E-state index contributed by atoms with van der Waals surface area (Å²) in [6.45, 7) is 6.32. The summed E-state index contributed by atoms with van der Waals surface area (Å²) in [5.41, 5.74) is 0. The fourth-order valence-electron chi connectivity index (χ4n) is 1.20. The minimum Gasteiger partial charge on any atom is -0.379 e. The van der Waals surface area contributed by atoms with Crippen molar-refractivity contribution < 1.29 is 4.74 Å². The van der Waals surface area contributed by atoms with Gasteiger partial charge >= 0.3 is 0 Å². The van der Waals surface area contributed by atoms with Crippen molar-refractivity contribution in [1.82, 2.24) is 9.21 Å². The Bertz CT molecular complexity index is 118. The number of hydrogen-bond donors (Lipinski definition) is 0. The summed E-state index contributed by atoms with van der Waals surface area (Å²) in [5, 5.41) is 0. The molecule has 12 heavy (non-hydrogen) atoms. The standard InChI is InChI=1S/C8H18N2OS/c1-9(12-2)3-4-10-5-7-11-8-6-10/h3-8H2,1-2H3. The van der Waals surface area contributed by atoms with Gasteiger partial charge in [0.1, 0.15) is 0 Å². The fraction of sp³-hybridized carbons (Fsp3) is 1.00. The number of likely N-dealkylation sites (N-methyl/N-ethyl adjacent to an activating group) is 1. The number of ether oxygens (including phenoxy) is 1. The van der Waals surface area contributed by atoms with Crippen LogP contribution in [-0.2, 0) is 4.74 Å². The average Bonchev–Trinajstić information content (AvgIpc) is 2.16. The molecule has 0 aromatic heterocycles. The molecule has 3 nitrogen and oxygen atoms in total. The first-order valence-electron chi connectivity index (χ1n) is 4.38. The van der Waals surface area contributed by atoms with E-state index in [1.54, 1.807) is 11.9 Å². The minimum absolute atomic E-state index is 0.906. The largest absolute Gasteiger partial charge is 0.379 e. The van der Waals surface area contributed by atoms with Gasteiger partial charge in [-0.1, -0.05) is 11.9 Å². The van der Waals surface area contributed by atoms with Crippen LogP contribution in [0.1, 0.15) is 0 Å². The van der Waals surface area contributed by atoms with Crippen molar-refractivity contribution in [3.8, 4) is 0 Å². The highest BCUT2D eigenvalue weighted by atomic mass is 32.2. The molecule has 1 aliphatic rings. The predicted molar refractivity (Wildman–Crippen MR) is 53.4 cm³/mol. The van der Waals surface area contributed by atoms with Gasteiger partial charge in [0.2, 0.25) is 0 Å². The van der Waals surface area contributed by atoms with Crippen LogP contribution in [0.15, 0.2) is 0 Å². The van der Waals surface area contributed by atoms with Crippen LogP contribution >= 0.6 is 11.9 Å². The molecule has 1 fully saturated rings. The highest BCUT2D eigenvalue weighted by molar-refractivity contribution is 7.96. The van der Waals surface area contributed by atoms with Gasteiger partial charge in [-0.05, 0) is 13.3 Å². The molecule has 0 aromatic carbocycles. The van der Waals surface area contributed by atoms with Crippen molar-refractivity contribution in [2.45, 2.75) is 0 Å². The average molecular weight is 190 g/mol. The summed E-state index contributed by atoms with van der Waals surface area (Å²) >= 11 is 1.79. The summed E-state index contributed by atoms with van der Waals surface area (Å²) in [6.07, 6.45) is 2.11. The Morgan fingerprint density at radius 1 is 1.42 bits per heavy atom. The van der Waals surface area contributed by atoms with Crippen LogP contribution in [-0.4, -0.2) is 61.9 Å². The van der Waals surface area contributed by atoms with Gasteiger partial charge in [-0.25, -0.2) is 0 Å². The zero-order chi connectivity index (χ0) is 8.81. The predicted octanol–water partition coefficient (Wildman–Crippen LogP) is 0.528. The number of nitrogens with zero attached hydrogens (tertiary/aromatic N) is 2. The van der Waals surface area contributed by atoms with Crippen LogP contribution in [0.5, 0.6) is 0 Å². The van der Waals surface area contributed by atoms with E-state index in [-0.39, 0.29) is 0 Å². The van der Waals surface area contributed by atoms with Gasteiger partial charge in [-0.15, -0.1) is 0 Å². The molecule has 1 rings (SSSR count). The topological polar surface area (TPSA) is 15.7 Å². The van der Waals surface area contributed by atoms with Crippen molar-refractivity contribution in [1.29, 1.82) is 0 Å². The van der Waals surface area contributed by atoms with Crippen LogP contribution in [0.4, 0.5) is 0 Å². The molecular formula is C8H18N2OS. The summed E-state index contributed by atoms with van der Waals surface area (Å²) < 4.78 is 7.53. The zero-order valence-electron chi connectivity index (χ0n) is 7.95. The molecule has 0 radical (unpaired) electrons. The molecule has 1 aliphatic heterocycles. The van der Waals surface area contributed by atoms with Crippen LogP contribution in [0.3, 0.4) is 0 Å². The Morgan fingerprint density at radius 3 is 2.67 bits per heavy atom. The van der Waals surface area contributed by atoms with Crippen molar-refractivity contribution in [2.75, 3.05) is 52.7 Å². The lowest BCUT2D eigenvalue weighted by atomic mass is 10.4. The fourth-order valence-corrected chi connectivity index (χ4v) is 1.46. The first-order chi connectivity index (χ1) is 5.83. The van der Waals surface area contributed by atoms with Gasteiger partial charge in [-0.2, -0.15) is 0 Å². The second-order valence-electron chi connectivity index (χ2n) is 2.99. The SMILES string of the molecule is CSN(C)CCN1CCOCC1. The highest BCUT2D eigenvalue weighted by Gasteiger charge is 2.09. The molecule has 0 saturated carbocycles. The first kappa shape index (κ1) is 10.3. The third-order valence-corrected chi connectivity index (χ3v) is 2.95. The summed E-state index contributed by atoms with van der Waals surface area (Å²) in [5.74, 6) is 0. The van der Waals surface area contributed by atoms with Crippen LogP contribution in [0, 0.1) is 0 Å². The normalized spacial score (nSPS) is 20.2. The van der Waals surface area contributed by atoms with Gasteiger partial charge in [0, 0.05) is 26.2 Å². The van der Waals surface area contributed by atoms with Crippen LogP contribution in [0.25, 0.3) is 0 Å². The van der Waals surface area contributed by atoms with Gasteiger partial charge in [-0.3, -0.25) is 9.21 Å². The Balaban J connectivity index is 2.05. The van der Waals surface area contributed by atoms with Crippen LogP contribution < -0.4 is 0 Å². The molecule has 0 aromatic rings. The third-order valence-electron chi connectivity index (χ3n) is 2.15. The molecule has 0 bridgehead atoms. The van der Waals surface area contributed by atoms with E-state index < -0.39 is 0 Å². The van der Waals surface area contributed by atoms with E-state index in [1.807, 2.05) is 0 Å². The quantitative estimate of drug-likeness (QED) is 0.601. The Labute approximate surface area is 79.2 Å². The van der Waals surface area contributed by atoms with Crippen molar-refractivity contribution in [3.05, 3.63) is 0 Å². The van der Waals surface area contributed by atoms with E-state index in [2.05, 4.69) is 22.5 Å². The molecule has 0 spiro atoms. The van der Waals surface area contributed by atoms with Gasteiger partial charge < -0.3 is 4.74 Å². The first-order valence-corrected chi connectivity index (χ1v) is 5.56. The molecule has 0 N–H and O–H groups in total. The number of hydrogen-bond acceptors (Lipinski definition) is 4. The van der Waals surface area contributed by atoms with Crippen LogP contribution in [0.2, 0.25) is 0 Å². The smallest absolute Gasteiger partial charge is 0.0594 e. The van der Waals surface area contributed by atoms with Gasteiger partial charge in [0.05, 0.1) is 13.2 Å². The Kier molecular flexibility index (Phi) is 4.99. The second kappa shape index (κ2) is 5.80. The Morgan fingerprint density at radius 2 is 2.08 bits per heavy atom. The molecule has 72 valence electrons. The van der Waals surface area contributed by atoms with E-state index in [4.69, 9.17) is 4.74 Å². The number of morpholine rings is 1. The maximum atomic E-state index is 5.27. The monoisotopic (exact) mass is 190 g/mol. The van der Waals surface area contributed by atoms with Crippen molar-refractivity contribution in [3.63, 3.8) is 0 Å². The van der Waals surface area contributed by atoms with Gasteiger partial charge in [0.15, 0.2) is 0 Å². The molecule has 0 unspecified atom stereocenters. The molecular weight excluding hydrogens is 172 g/mol. The maximum absolute atomic E-state index is 5.27. The summed E-state index contributed by atoms with van der Waals surface area (Å²) in [7, 11) is 2.13. The summed E-state index contributed by atoms with van der Waals surface area (Å²) in [4.78, 5) is 2.45. The maximum Gasteiger partial charge on any atom is 0.0594 e. The lowest BCUT2D eigenvalue weighted by Gasteiger charge is -2.27. The van der Waals surface area contributed by atoms with E-state index in [0.717, 1.165) is 32.8 Å². The Hall–Kier alpha value is 0.230. The third kappa shape index (κ3) is 3.76.